The van der Waals surface area contributed by atoms with Crippen molar-refractivity contribution < 1.29 is 9.21 Å². The molecule has 3 aliphatic rings. The lowest BCUT2D eigenvalue weighted by atomic mass is 9.61. The number of amides is 1. The van der Waals surface area contributed by atoms with Crippen molar-refractivity contribution in [2.45, 2.75) is 64.0 Å². The van der Waals surface area contributed by atoms with E-state index >= 15 is 0 Å². The summed E-state index contributed by atoms with van der Waals surface area (Å²) in [7, 11) is 0. The van der Waals surface area contributed by atoms with E-state index in [-0.39, 0.29) is 18.0 Å². The molecule has 3 aliphatic carbocycles. The molecule has 6 heteroatoms. The number of aromatic nitrogens is 1. The topological polar surface area (TPSA) is 81.1 Å². The van der Waals surface area contributed by atoms with E-state index in [1.54, 1.807) is 11.8 Å². The molecule has 1 heterocycles. The molecule has 1 aromatic heterocycles. The molecule has 0 aliphatic heterocycles. The number of carbonyl (C=O) groups excluding carboxylic acids is 1. The van der Waals surface area contributed by atoms with Gasteiger partial charge in [0, 0.05) is 6.04 Å². The maximum Gasteiger partial charge on any atom is 0.273 e. The van der Waals surface area contributed by atoms with Crippen LogP contribution in [-0.2, 0) is 0 Å². The van der Waals surface area contributed by atoms with Gasteiger partial charge in [0.05, 0.1) is 6.04 Å². The Labute approximate surface area is 160 Å². The first-order valence-corrected chi connectivity index (χ1v) is 11.4. The second-order valence-electron chi connectivity index (χ2n) is 8.77. The quantitative estimate of drug-likeness (QED) is 0.756. The highest BCUT2D eigenvalue weighted by atomic mass is 32.2. The Morgan fingerprint density at radius 2 is 2.27 bits per heavy atom. The zero-order chi connectivity index (χ0) is 18.3. The lowest BCUT2D eigenvalue weighted by molar-refractivity contribution is 0.0519. The highest BCUT2D eigenvalue weighted by Crippen LogP contribution is 2.63. The molecule has 0 aromatic carbocycles. The molecule has 3 N–H and O–H groups in total. The first-order chi connectivity index (χ1) is 12.5. The summed E-state index contributed by atoms with van der Waals surface area (Å²) in [5, 5.41) is 3.26. The lowest BCUT2D eigenvalue weighted by Gasteiger charge is -2.46. The van der Waals surface area contributed by atoms with Crippen LogP contribution in [0.3, 0.4) is 0 Å². The van der Waals surface area contributed by atoms with Gasteiger partial charge in [-0.15, -0.1) is 0 Å². The van der Waals surface area contributed by atoms with Gasteiger partial charge in [0.15, 0.2) is 5.69 Å². The van der Waals surface area contributed by atoms with Crippen molar-refractivity contribution in [2.24, 2.45) is 28.9 Å². The minimum Gasteiger partial charge on any atom is -0.446 e. The van der Waals surface area contributed by atoms with E-state index in [0.717, 1.165) is 29.9 Å². The predicted octanol–water partition coefficient (Wildman–Crippen LogP) is 3.76. The largest absolute Gasteiger partial charge is 0.446 e. The van der Waals surface area contributed by atoms with E-state index in [1.807, 2.05) is 6.26 Å². The monoisotopic (exact) mass is 377 g/mol. The van der Waals surface area contributed by atoms with E-state index in [4.69, 9.17) is 10.2 Å². The van der Waals surface area contributed by atoms with Gasteiger partial charge in [-0.1, -0.05) is 0 Å². The molecule has 0 radical (unpaired) electrons. The minimum atomic E-state index is -0.246. The molecule has 1 amide bonds. The number of nitrogens with zero attached hydrogens (tertiary/aromatic N) is 1. The van der Waals surface area contributed by atoms with Crippen molar-refractivity contribution >= 4 is 17.7 Å². The van der Waals surface area contributed by atoms with Crippen LogP contribution >= 0.6 is 11.8 Å². The van der Waals surface area contributed by atoms with Gasteiger partial charge in [-0.2, -0.15) is 11.8 Å². The summed E-state index contributed by atoms with van der Waals surface area (Å²) in [6.45, 7) is 2.20. The highest BCUT2D eigenvalue weighted by Gasteiger charge is 2.56. The minimum absolute atomic E-state index is 0.123. The van der Waals surface area contributed by atoms with Gasteiger partial charge in [-0.25, -0.2) is 4.98 Å². The standard InChI is InChI=1S/C20H31N3O2S/c1-12(20-5-3-13-7-14(10-20)9-15(20)8-13)22-18(24)17-11-25-19(23-17)16(21)4-6-26-2/h11-16H,3-10,21H2,1-2H3,(H,22,24). The van der Waals surface area contributed by atoms with Gasteiger partial charge < -0.3 is 15.5 Å². The maximum absolute atomic E-state index is 12.7. The van der Waals surface area contributed by atoms with Crippen LogP contribution < -0.4 is 11.1 Å². The molecule has 3 bridgehead atoms. The first kappa shape index (κ1) is 18.4. The molecule has 0 saturated heterocycles. The highest BCUT2D eigenvalue weighted by molar-refractivity contribution is 7.98. The fraction of sp³-hybridized carbons (Fsp3) is 0.800. The molecule has 3 fully saturated rings. The third-order valence-corrected chi connectivity index (χ3v) is 7.96. The Bertz CT molecular complexity index is 663. The molecule has 1 aromatic rings. The second-order valence-corrected chi connectivity index (χ2v) is 9.75. The van der Waals surface area contributed by atoms with Gasteiger partial charge in [0.2, 0.25) is 5.89 Å². The van der Waals surface area contributed by atoms with E-state index in [0.29, 0.717) is 17.0 Å². The van der Waals surface area contributed by atoms with Crippen LogP contribution in [0.5, 0.6) is 0 Å². The van der Waals surface area contributed by atoms with Crippen molar-refractivity contribution in [1.82, 2.24) is 10.3 Å². The molecule has 6 atom stereocenters. The van der Waals surface area contributed by atoms with Crippen molar-refractivity contribution in [3.05, 3.63) is 17.8 Å². The Morgan fingerprint density at radius 1 is 1.46 bits per heavy atom. The van der Waals surface area contributed by atoms with Crippen LogP contribution in [0.1, 0.15) is 74.3 Å². The van der Waals surface area contributed by atoms with Gasteiger partial charge in [0.1, 0.15) is 6.26 Å². The molecule has 3 saturated carbocycles. The number of nitrogens with two attached hydrogens (primary N) is 1. The van der Waals surface area contributed by atoms with E-state index in [2.05, 4.69) is 17.2 Å². The van der Waals surface area contributed by atoms with Crippen LogP contribution in [0.25, 0.3) is 0 Å². The van der Waals surface area contributed by atoms with Crippen LogP contribution in [-0.4, -0.2) is 28.9 Å². The smallest absolute Gasteiger partial charge is 0.273 e. The Kier molecular flexibility index (Phi) is 5.08. The zero-order valence-electron chi connectivity index (χ0n) is 15.9. The molecular formula is C20H31N3O2S. The third kappa shape index (κ3) is 3.19. The first-order valence-electron chi connectivity index (χ1n) is 10.0. The van der Waals surface area contributed by atoms with Crippen molar-refractivity contribution in [3.8, 4) is 0 Å². The molecular weight excluding hydrogens is 346 g/mol. The Morgan fingerprint density at radius 3 is 3.08 bits per heavy atom. The summed E-state index contributed by atoms with van der Waals surface area (Å²) in [5.74, 6) is 3.92. The Hall–Kier alpha value is -1.01. The summed E-state index contributed by atoms with van der Waals surface area (Å²) < 4.78 is 5.47. The molecule has 0 spiro atoms. The lowest BCUT2D eigenvalue weighted by Crippen LogP contribution is -2.49. The number of carbonyl (C=O) groups is 1. The average Bonchev–Trinajstić information content (AvgIpc) is 3.18. The fourth-order valence-electron chi connectivity index (χ4n) is 6.01. The zero-order valence-corrected chi connectivity index (χ0v) is 16.7. The molecule has 144 valence electrons. The van der Waals surface area contributed by atoms with Crippen molar-refractivity contribution in [3.63, 3.8) is 0 Å². The van der Waals surface area contributed by atoms with E-state index in [9.17, 15) is 4.79 Å². The predicted molar refractivity (Wildman–Crippen MR) is 104 cm³/mol. The number of hydrogen-bond acceptors (Lipinski definition) is 5. The van der Waals surface area contributed by atoms with Gasteiger partial charge in [-0.3, -0.25) is 4.79 Å². The summed E-state index contributed by atoms with van der Waals surface area (Å²) in [6, 6.07) is -0.0567. The number of rotatable bonds is 7. The molecule has 6 unspecified atom stereocenters. The van der Waals surface area contributed by atoms with Gasteiger partial charge in [0.25, 0.3) is 5.91 Å². The third-order valence-electron chi connectivity index (χ3n) is 7.32. The number of thioether (sulfide) groups is 1. The van der Waals surface area contributed by atoms with Gasteiger partial charge >= 0.3 is 0 Å². The number of oxazole rings is 1. The summed E-state index contributed by atoms with van der Waals surface area (Å²) in [4.78, 5) is 17.1. The number of hydrogen-bond donors (Lipinski definition) is 2. The van der Waals surface area contributed by atoms with Crippen LogP contribution in [0.15, 0.2) is 10.7 Å². The van der Waals surface area contributed by atoms with Crippen molar-refractivity contribution in [1.29, 1.82) is 0 Å². The maximum atomic E-state index is 12.7. The van der Waals surface area contributed by atoms with E-state index < -0.39 is 0 Å². The normalized spacial score (nSPS) is 34.7. The summed E-state index contributed by atoms with van der Waals surface area (Å²) in [6.07, 6.45) is 12.4. The summed E-state index contributed by atoms with van der Waals surface area (Å²) >= 11 is 1.74. The second kappa shape index (κ2) is 7.19. The van der Waals surface area contributed by atoms with Crippen LogP contribution in [0, 0.1) is 23.2 Å². The SMILES string of the molecule is CSCCC(N)c1nc(C(=O)NC(C)C23CCC4CC(CC2C4)C3)co1. The molecule has 4 rings (SSSR count). The Balaban J connectivity index is 1.41. The summed E-state index contributed by atoms with van der Waals surface area (Å²) in [5.41, 5.74) is 6.76. The fourth-order valence-corrected chi connectivity index (χ4v) is 6.50. The molecule has 5 nitrogen and oxygen atoms in total. The van der Waals surface area contributed by atoms with Crippen LogP contribution in [0.2, 0.25) is 0 Å². The number of nitrogens with one attached hydrogen (secondary N) is 1. The van der Waals surface area contributed by atoms with Crippen LogP contribution in [0.4, 0.5) is 0 Å². The van der Waals surface area contributed by atoms with E-state index in [1.165, 1.54) is 44.8 Å². The van der Waals surface area contributed by atoms with Crippen molar-refractivity contribution in [2.75, 3.05) is 12.0 Å². The average molecular weight is 378 g/mol. The van der Waals surface area contributed by atoms with Gasteiger partial charge in [-0.05, 0) is 87.0 Å². The number of fused-ring (bicyclic) bond motifs is 2. The molecule has 26 heavy (non-hydrogen) atoms.